The van der Waals surface area contributed by atoms with Crippen molar-refractivity contribution >= 4 is 5.90 Å². The molecular formula is C22H25NO5. The summed E-state index contributed by atoms with van der Waals surface area (Å²) in [5.74, 6) is 1.87. The molecule has 0 N–H and O–H groups in total. The van der Waals surface area contributed by atoms with Crippen LogP contribution in [-0.4, -0.2) is 45.5 Å². The van der Waals surface area contributed by atoms with Gasteiger partial charge in [0, 0.05) is 16.7 Å². The molecule has 2 aromatic rings. The molecule has 0 spiro atoms. The van der Waals surface area contributed by atoms with Gasteiger partial charge in [-0.3, -0.25) is 0 Å². The van der Waals surface area contributed by atoms with Crippen molar-refractivity contribution in [2.75, 3.05) is 34.0 Å². The van der Waals surface area contributed by atoms with Gasteiger partial charge in [0.2, 0.25) is 5.90 Å². The van der Waals surface area contributed by atoms with Crippen molar-refractivity contribution in [3.8, 4) is 22.6 Å². The second-order valence-corrected chi connectivity index (χ2v) is 7.40. The van der Waals surface area contributed by atoms with E-state index in [4.69, 9.17) is 28.7 Å². The van der Waals surface area contributed by atoms with Crippen LogP contribution in [0.1, 0.15) is 31.3 Å². The standard InChI is InChI=1S/C22H25NO5/c1-22(2)13-28-20(23-22)16-9-10-17(24-3)19(25-4)18(16)14-7-5-6-8-15(14)21-26-11-12-27-21/h5-10,21H,11-13H2,1-4H3. The largest absolute Gasteiger partial charge is 0.493 e. The zero-order valence-electron chi connectivity index (χ0n) is 16.7. The second kappa shape index (κ2) is 7.45. The molecule has 2 aliphatic heterocycles. The average molecular weight is 383 g/mol. The Morgan fingerprint density at radius 2 is 1.71 bits per heavy atom. The first-order chi connectivity index (χ1) is 13.5. The minimum Gasteiger partial charge on any atom is -0.493 e. The topological polar surface area (TPSA) is 58.5 Å². The maximum Gasteiger partial charge on any atom is 0.217 e. The monoisotopic (exact) mass is 383 g/mol. The van der Waals surface area contributed by atoms with Crippen LogP contribution in [0.5, 0.6) is 11.5 Å². The molecule has 4 rings (SSSR count). The molecule has 0 aliphatic carbocycles. The predicted octanol–water partition coefficient (Wildman–Crippen LogP) is 3.97. The molecule has 2 aliphatic rings. The van der Waals surface area contributed by atoms with Crippen LogP contribution >= 0.6 is 0 Å². The summed E-state index contributed by atoms with van der Waals surface area (Å²) in [6.45, 7) is 5.78. The van der Waals surface area contributed by atoms with Gasteiger partial charge in [0.25, 0.3) is 0 Å². The summed E-state index contributed by atoms with van der Waals surface area (Å²) in [5.41, 5.74) is 3.32. The first-order valence-electron chi connectivity index (χ1n) is 9.34. The molecule has 0 atom stereocenters. The van der Waals surface area contributed by atoms with Gasteiger partial charge in [-0.2, -0.15) is 0 Å². The van der Waals surface area contributed by atoms with Gasteiger partial charge < -0.3 is 23.7 Å². The highest BCUT2D eigenvalue weighted by molar-refractivity contribution is 6.04. The number of hydrogen-bond donors (Lipinski definition) is 0. The summed E-state index contributed by atoms with van der Waals surface area (Å²) in [5, 5.41) is 0. The van der Waals surface area contributed by atoms with E-state index in [0.717, 1.165) is 22.3 Å². The molecule has 6 nitrogen and oxygen atoms in total. The number of nitrogens with zero attached hydrogens (tertiary/aromatic N) is 1. The molecule has 0 radical (unpaired) electrons. The fraction of sp³-hybridized carbons (Fsp3) is 0.409. The highest BCUT2D eigenvalue weighted by atomic mass is 16.7. The summed E-state index contributed by atoms with van der Waals surface area (Å²) in [6.07, 6.45) is -0.414. The van der Waals surface area contributed by atoms with Crippen LogP contribution in [0.15, 0.2) is 41.4 Å². The van der Waals surface area contributed by atoms with E-state index in [-0.39, 0.29) is 5.54 Å². The van der Waals surface area contributed by atoms with Crippen molar-refractivity contribution in [2.45, 2.75) is 25.7 Å². The third-order valence-electron chi connectivity index (χ3n) is 4.85. The third-order valence-corrected chi connectivity index (χ3v) is 4.85. The van der Waals surface area contributed by atoms with Crippen LogP contribution in [0, 0.1) is 0 Å². The van der Waals surface area contributed by atoms with Gasteiger partial charge in [0.15, 0.2) is 17.8 Å². The normalized spacial score (nSPS) is 18.6. The smallest absolute Gasteiger partial charge is 0.217 e. The summed E-state index contributed by atoms with van der Waals surface area (Å²) in [4.78, 5) is 4.77. The van der Waals surface area contributed by atoms with Gasteiger partial charge in [-0.25, -0.2) is 4.99 Å². The lowest BCUT2D eigenvalue weighted by molar-refractivity contribution is -0.0436. The van der Waals surface area contributed by atoms with Gasteiger partial charge in [-0.15, -0.1) is 0 Å². The molecule has 0 amide bonds. The lowest BCUT2D eigenvalue weighted by Gasteiger charge is -2.21. The lowest BCUT2D eigenvalue weighted by Crippen LogP contribution is -2.17. The Bertz CT molecular complexity index is 900. The second-order valence-electron chi connectivity index (χ2n) is 7.40. The van der Waals surface area contributed by atoms with Gasteiger partial charge in [0.1, 0.15) is 6.61 Å². The highest BCUT2D eigenvalue weighted by Crippen LogP contribution is 2.45. The fourth-order valence-electron chi connectivity index (χ4n) is 3.56. The summed E-state index contributed by atoms with van der Waals surface area (Å²) >= 11 is 0. The zero-order valence-corrected chi connectivity index (χ0v) is 16.7. The number of aliphatic imine (C=N–C) groups is 1. The minimum atomic E-state index is -0.414. The molecule has 148 valence electrons. The van der Waals surface area contributed by atoms with Crippen LogP contribution in [0.2, 0.25) is 0 Å². The Labute approximate surface area is 165 Å². The van der Waals surface area contributed by atoms with Crippen molar-refractivity contribution in [1.29, 1.82) is 0 Å². The number of ether oxygens (including phenoxy) is 5. The molecular weight excluding hydrogens is 358 g/mol. The van der Waals surface area contributed by atoms with E-state index in [1.165, 1.54) is 0 Å². The van der Waals surface area contributed by atoms with Crippen LogP contribution in [0.3, 0.4) is 0 Å². The molecule has 28 heavy (non-hydrogen) atoms. The SMILES string of the molecule is COc1ccc(C2=NC(C)(C)CO2)c(-c2ccccc2C2OCCO2)c1OC. The van der Waals surface area contributed by atoms with Crippen molar-refractivity contribution in [3.05, 3.63) is 47.5 Å². The molecule has 0 unspecified atom stereocenters. The molecule has 1 fully saturated rings. The van der Waals surface area contributed by atoms with Crippen LogP contribution in [-0.2, 0) is 14.2 Å². The number of hydrogen-bond acceptors (Lipinski definition) is 6. The maximum atomic E-state index is 5.95. The van der Waals surface area contributed by atoms with Crippen molar-refractivity contribution in [1.82, 2.24) is 0 Å². The molecule has 2 heterocycles. The van der Waals surface area contributed by atoms with E-state index in [2.05, 4.69) is 13.8 Å². The predicted molar refractivity (Wildman–Crippen MR) is 106 cm³/mol. The van der Waals surface area contributed by atoms with E-state index in [1.54, 1.807) is 14.2 Å². The summed E-state index contributed by atoms with van der Waals surface area (Å²) < 4.78 is 28.8. The third kappa shape index (κ3) is 3.34. The number of methoxy groups -OCH3 is 2. The van der Waals surface area contributed by atoms with Crippen LogP contribution < -0.4 is 9.47 Å². The lowest BCUT2D eigenvalue weighted by atomic mass is 9.93. The Morgan fingerprint density at radius 3 is 2.36 bits per heavy atom. The first kappa shape index (κ1) is 18.8. The molecule has 1 saturated heterocycles. The molecule has 6 heteroatoms. The van der Waals surface area contributed by atoms with E-state index in [0.29, 0.717) is 37.2 Å². The van der Waals surface area contributed by atoms with Crippen LogP contribution in [0.25, 0.3) is 11.1 Å². The van der Waals surface area contributed by atoms with Crippen LogP contribution in [0.4, 0.5) is 0 Å². The zero-order chi connectivity index (χ0) is 19.7. The minimum absolute atomic E-state index is 0.267. The van der Waals surface area contributed by atoms with Crippen molar-refractivity contribution < 1.29 is 23.7 Å². The Hall–Kier alpha value is -2.57. The van der Waals surface area contributed by atoms with Gasteiger partial charge in [-0.05, 0) is 31.5 Å². The van der Waals surface area contributed by atoms with E-state index in [1.807, 2.05) is 36.4 Å². The van der Waals surface area contributed by atoms with E-state index in [9.17, 15) is 0 Å². The van der Waals surface area contributed by atoms with Crippen molar-refractivity contribution in [2.24, 2.45) is 4.99 Å². The fourth-order valence-corrected chi connectivity index (χ4v) is 3.56. The van der Waals surface area contributed by atoms with E-state index < -0.39 is 6.29 Å². The van der Waals surface area contributed by atoms with E-state index >= 15 is 0 Å². The van der Waals surface area contributed by atoms with Crippen molar-refractivity contribution in [3.63, 3.8) is 0 Å². The average Bonchev–Trinajstić information content (AvgIpc) is 3.36. The quantitative estimate of drug-likeness (QED) is 0.782. The highest BCUT2D eigenvalue weighted by Gasteiger charge is 2.32. The van der Waals surface area contributed by atoms with Gasteiger partial charge in [-0.1, -0.05) is 24.3 Å². The Kier molecular flexibility index (Phi) is 5.00. The maximum absolute atomic E-state index is 5.95. The Morgan fingerprint density at radius 1 is 0.964 bits per heavy atom. The Balaban J connectivity index is 1.95. The molecule has 2 aromatic carbocycles. The molecule has 0 bridgehead atoms. The number of rotatable bonds is 5. The summed E-state index contributed by atoms with van der Waals surface area (Å²) in [6, 6.07) is 11.8. The summed E-state index contributed by atoms with van der Waals surface area (Å²) in [7, 11) is 3.26. The van der Waals surface area contributed by atoms with Gasteiger partial charge >= 0.3 is 0 Å². The molecule has 0 saturated carbocycles. The molecule has 0 aromatic heterocycles. The number of benzene rings is 2. The van der Waals surface area contributed by atoms with Gasteiger partial charge in [0.05, 0.1) is 33.0 Å². The first-order valence-corrected chi connectivity index (χ1v) is 9.34.